The summed E-state index contributed by atoms with van der Waals surface area (Å²) in [7, 11) is 0. The third kappa shape index (κ3) is 5.79. The number of carbonyl (C=O) groups is 2. The zero-order chi connectivity index (χ0) is 25.8. The number of benzene rings is 2. The van der Waals surface area contributed by atoms with Crippen molar-refractivity contribution in [2.24, 2.45) is 11.8 Å². The number of aromatic nitrogens is 1. The summed E-state index contributed by atoms with van der Waals surface area (Å²) in [5.74, 6) is -1.28. The summed E-state index contributed by atoms with van der Waals surface area (Å²) in [4.78, 5) is 29.4. The molecule has 2 atom stereocenters. The van der Waals surface area contributed by atoms with Crippen molar-refractivity contribution in [3.8, 4) is 11.1 Å². The molecule has 1 heterocycles. The number of carboxylic acid groups (broad SMARTS) is 1. The van der Waals surface area contributed by atoms with E-state index >= 15 is 0 Å². The number of aryl methyl sites for hydroxylation is 1. The Morgan fingerprint density at radius 2 is 1.78 bits per heavy atom. The zero-order valence-electron chi connectivity index (χ0n) is 21.1. The van der Waals surface area contributed by atoms with Gasteiger partial charge < -0.3 is 10.4 Å². The quantitative estimate of drug-likeness (QED) is 0.340. The maximum absolute atomic E-state index is 13.7. The summed E-state index contributed by atoms with van der Waals surface area (Å²) in [6, 6.07) is 15.8. The first-order chi connectivity index (χ1) is 17.2. The number of carbonyl (C=O) groups excluding carboxylic acids is 1. The van der Waals surface area contributed by atoms with Gasteiger partial charge in [-0.15, -0.1) is 0 Å². The van der Waals surface area contributed by atoms with Crippen molar-refractivity contribution in [1.82, 2.24) is 4.98 Å². The topological polar surface area (TPSA) is 79.3 Å². The average molecular weight is 505 g/mol. The van der Waals surface area contributed by atoms with E-state index in [2.05, 4.69) is 10.3 Å². The number of halogens is 1. The summed E-state index contributed by atoms with van der Waals surface area (Å²) in [6.45, 7) is 5.53. The van der Waals surface area contributed by atoms with Crippen LogP contribution < -0.4 is 5.32 Å². The zero-order valence-corrected chi connectivity index (χ0v) is 21.8. The first-order valence-corrected chi connectivity index (χ1v) is 13.0. The van der Waals surface area contributed by atoms with Crippen molar-refractivity contribution in [3.63, 3.8) is 0 Å². The molecule has 1 fully saturated rings. The smallest absolute Gasteiger partial charge is 0.306 e. The molecule has 3 aromatic rings. The molecular formula is C30H33ClN2O3. The molecule has 4 rings (SSSR count). The number of nitrogens with one attached hydrogen (secondary N) is 1. The molecule has 2 aromatic carbocycles. The molecule has 1 aliphatic rings. The van der Waals surface area contributed by atoms with Crippen LogP contribution >= 0.6 is 11.6 Å². The van der Waals surface area contributed by atoms with Crippen LogP contribution in [0, 0.1) is 25.7 Å². The van der Waals surface area contributed by atoms with Crippen LogP contribution in [0.15, 0.2) is 54.7 Å². The Balaban J connectivity index is 1.59. The third-order valence-electron chi connectivity index (χ3n) is 7.43. The summed E-state index contributed by atoms with van der Waals surface area (Å²) in [5.41, 5.74) is 6.36. The van der Waals surface area contributed by atoms with Crippen molar-refractivity contribution in [1.29, 1.82) is 0 Å². The second-order valence-electron chi connectivity index (χ2n) is 9.96. The van der Waals surface area contributed by atoms with Gasteiger partial charge in [-0.3, -0.25) is 14.6 Å². The molecule has 0 saturated heterocycles. The van der Waals surface area contributed by atoms with E-state index in [1.54, 1.807) is 6.92 Å². The van der Waals surface area contributed by atoms with Crippen molar-refractivity contribution < 1.29 is 14.7 Å². The Hall–Kier alpha value is -3.18. The molecule has 6 heteroatoms. The van der Waals surface area contributed by atoms with Gasteiger partial charge in [-0.1, -0.05) is 67.8 Å². The minimum atomic E-state index is -0.822. The molecule has 1 amide bonds. The highest BCUT2D eigenvalue weighted by molar-refractivity contribution is 6.31. The fourth-order valence-electron chi connectivity index (χ4n) is 5.14. The Kier molecular flexibility index (Phi) is 8.10. The van der Waals surface area contributed by atoms with Gasteiger partial charge in [0, 0.05) is 17.4 Å². The van der Waals surface area contributed by atoms with Crippen LogP contribution in [-0.2, 0) is 16.0 Å². The minimum Gasteiger partial charge on any atom is -0.481 e. The molecule has 2 N–H and O–H groups in total. The van der Waals surface area contributed by atoms with E-state index in [0.717, 1.165) is 64.9 Å². The summed E-state index contributed by atoms with van der Waals surface area (Å²) in [6.07, 6.45) is 6.59. The van der Waals surface area contributed by atoms with Crippen LogP contribution in [0.1, 0.15) is 60.9 Å². The number of hydrogen-bond acceptors (Lipinski definition) is 3. The molecule has 0 radical (unpaired) electrons. The van der Waals surface area contributed by atoms with Gasteiger partial charge in [-0.2, -0.15) is 0 Å². The van der Waals surface area contributed by atoms with Gasteiger partial charge in [-0.25, -0.2) is 0 Å². The summed E-state index contributed by atoms with van der Waals surface area (Å²) < 4.78 is 0. The number of carboxylic acids is 1. The molecule has 188 valence electrons. The first kappa shape index (κ1) is 25.9. The molecule has 1 saturated carbocycles. The Bertz CT molecular complexity index is 1250. The molecule has 1 aliphatic carbocycles. The lowest BCUT2D eigenvalue weighted by Gasteiger charge is -2.24. The molecule has 36 heavy (non-hydrogen) atoms. The van der Waals surface area contributed by atoms with Crippen LogP contribution in [-0.4, -0.2) is 22.0 Å². The molecule has 1 aromatic heterocycles. The number of amides is 1. The number of rotatable bonds is 8. The molecule has 5 nitrogen and oxygen atoms in total. The average Bonchev–Trinajstić information content (AvgIpc) is 3.38. The van der Waals surface area contributed by atoms with Gasteiger partial charge in [0.15, 0.2) is 0 Å². The van der Waals surface area contributed by atoms with Gasteiger partial charge in [0.05, 0.1) is 22.6 Å². The van der Waals surface area contributed by atoms with Gasteiger partial charge in [0.1, 0.15) is 0 Å². The predicted octanol–water partition coefficient (Wildman–Crippen LogP) is 7.19. The highest BCUT2D eigenvalue weighted by Gasteiger charge is 2.32. The maximum atomic E-state index is 13.7. The van der Waals surface area contributed by atoms with E-state index in [0.29, 0.717) is 17.4 Å². The Labute approximate surface area is 217 Å². The van der Waals surface area contributed by atoms with E-state index in [4.69, 9.17) is 11.6 Å². The lowest BCUT2D eigenvalue weighted by atomic mass is 9.83. The van der Waals surface area contributed by atoms with Crippen LogP contribution in [0.2, 0.25) is 5.02 Å². The Morgan fingerprint density at radius 1 is 1.08 bits per heavy atom. The fourth-order valence-corrected chi connectivity index (χ4v) is 5.31. The maximum Gasteiger partial charge on any atom is 0.306 e. The number of aliphatic carboxylic acids is 1. The van der Waals surface area contributed by atoms with E-state index in [1.165, 1.54) is 0 Å². The van der Waals surface area contributed by atoms with Gasteiger partial charge >= 0.3 is 5.97 Å². The van der Waals surface area contributed by atoms with Crippen LogP contribution in [0.25, 0.3) is 11.1 Å². The van der Waals surface area contributed by atoms with E-state index in [-0.39, 0.29) is 11.8 Å². The molecule has 0 aliphatic heterocycles. The first-order valence-electron chi connectivity index (χ1n) is 12.6. The van der Waals surface area contributed by atoms with E-state index in [9.17, 15) is 14.7 Å². The number of hydrogen-bond donors (Lipinski definition) is 2. The second-order valence-corrected chi connectivity index (χ2v) is 10.4. The summed E-state index contributed by atoms with van der Waals surface area (Å²) >= 11 is 6.27. The molecule has 2 unspecified atom stereocenters. The fraction of sp³-hybridized carbons (Fsp3) is 0.367. The van der Waals surface area contributed by atoms with Crippen molar-refractivity contribution in [2.45, 2.75) is 58.8 Å². The van der Waals surface area contributed by atoms with Gasteiger partial charge in [0.25, 0.3) is 0 Å². The van der Waals surface area contributed by atoms with Crippen molar-refractivity contribution in [3.05, 3.63) is 82.1 Å². The highest BCUT2D eigenvalue weighted by Crippen LogP contribution is 2.39. The summed E-state index contributed by atoms with van der Waals surface area (Å²) in [5, 5.41) is 13.1. The SMILES string of the molecule is Cc1ncc(-c2ccc(C(C(=O)Nc3cccc(CC(C)C(=O)O)c3C)C3CCCC3)cc2)cc1Cl. The lowest BCUT2D eigenvalue weighted by Crippen LogP contribution is -2.27. The van der Waals surface area contributed by atoms with E-state index < -0.39 is 11.9 Å². The number of pyridine rings is 1. The monoisotopic (exact) mass is 504 g/mol. The predicted molar refractivity (Wildman–Crippen MR) is 144 cm³/mol. The lowest BCUT2D eigenvalue weighted by molar-refractivity contribution is -0.141. The standard InChI is InChI=1S/C30H33ClN2O3/c1-18(30(35)36)15-24-9-6-10-27(19(24)2)33-29(34)28(22-7-4-5-8-22)23-13-11-21(12-14-23)25-16-26(31)20(3)32-17-25/h6,9-14,16-18,22,28H,4-5,7-8,15H2,1-3H3,(H,33,34)(H,35,36). The normalized spacial score (nSPS) is 15.4. The third-order valence-corrected chi connectivity index (χ3v) is 7.82. The Morgan fingerprint density at radius 3 is 2.42 bits per heavy atom. The second kappa shape index (κ2) is 11.3. The highest BCUT2D eigenvalue weighted by atomic mass is 35.5. The van der Waals surface area contributed by atoms with Gasteiger partial charge in [0.2, 0.25) is 5.91 Å². The van der Waals surface area contributed by atoms with Crippen LogP contribution in [0.3, 0.4) is 0 Å². The molecular weight excluding hydrogens is 472 g/mol. The van der Waals surface area contributed by atoms with Crippen molar-refractivity contribution >= 4 is 29.2 Å². The molecule has 0 bridgehead atoms. The minimum absolute atomic E-state index is 0.0127. The van der Waals surface area contributed by atoms with Gasteiger partial charge in [-0.05, 0) is 73.4 Å². The largest absolute Gasteiger partial charge is 0.481 e. The number of anilines is 1. The van der Waals surface area contributed by atoms with E-state index in [1.807, 2.05) is 68.6 Å². The van der Waals surface area contributed by atoms with Crippen LogP contribution in [0.4, 0.5) is 5.69 Å². The number of nitrogens with zero attached hydrogens (tertiary/aromatic N) is 1. The van der Waals surface area contributed by atoms with Crippen LogP contribution in [0.5, 0.6) is 0 Å². The van der Waals surface area contributed by atoms with Crippen molar-refractivity contribution in [2.75, 3.05) is 5.32 Å². The molecule has 0 spiro atoms.